The average molecular weight is 212 g/mol. The third kappa shape index (κ3) is 2.32. The second-order valence-corrected chi connectivity index (χ2v) is 4.60. The highest BCUT2D eigenvalue weighted by Gasteiger charge is 2.34. The molecule has 2 unspecified atom stereocenters. The van der Waals surface area contributed by atoms with Crippen molar-refractivity contribution in [3.8, 4) is 0 Å². The summed E-state index contributed by atoms with van der Waals surface area (Å²) >= 11 is 0. The van der Waals surface area contributed by atoms with Gasteiger partial charge in [0.15, 0.2) is 0 Å². The van der Waals surface area contributed by atoms with Crippen molar-refractivity contribution >= 4 is 5.91 Å². The van der Waals surface area contributed by atoms with Gasteiger partial charge in [0.2, 0.25) is 5.91 Å². The zero-order valence-electron chi connectivity index (χ0n) is 9.61. The minimum Gasteiger partial charge on any atom is -0.378 e. The fourth-order valence-corrected chi connectivity index (χ4v) is 2.32. The maximum absolute atomic E-state index is 12.1. The van der Waals surface area contributed by atoms with Gasteiger partial charge in [-0.3, -0.25) is 4.79 Å². The predicted molar refractivity (Wildman–Crippen MR) is 57.6 cm³/mol. The molecule has 2 aliphatic heterocycles. The van der Waals surface area contributed by atoms with Crippen LogP contribution in [0.5, 0.6) is 0 Å². The molecule has 2 heterocycles. The molecule has 0 N–H and O–H groups in total. The minimum absolute atomic E-state index is 0.105. The first-order valence-electron chi connectivity index (χ1n) is 5.77. The fraction of sp³-hybridized carbons (Fsp3) is 0.909. The number of piperazine rings is 1. The summed E-state index contributed by atoms with van der Waals surface area (Å²) in [5.41, 5.74) is 0. The van der Waals surface area contributed by atoms with E-state index in [-0.39, 0.29) is 12.0 Å². The molecule has 15 heavy (non-hydrogen) atoms. The van der Waals surface area contributed by atoms with Crippen LogP contribution in [0.3, 0.4) is 0 Å². The Morgan fingerprint density at radius 2 is 1.93 bits per heavy atom. The molecule has 4 nitrogen and oxygen atoms in total. The van der Waals surface area contributed by atoms with Crippen LogP contribution in [0.4, 0.5) is 0 Å². The van der Waals surface area contributed by atoms with E-state index in [2.05, 4.69) is 11.9 Å². The van der Waals surface area contributed by atoms with Gasteiger partial charge in [0, 0.05) is 32.8 Å². The summed E-state index contributed by atoms with van der Waals surface area (Å²) in [5.74, 6) is 0.404. The van der Waals surface area contributed by atoms with Crippen LogP contribution in [0.15, 0.2) is 0 Å². The molecule has 0 saturated carbocycles. The summed E-state index contributed by atoms with van der Waals surface area (Å²) in [6.07, 6.45) is 1.00. The van der Waals surface area contributed by atoms with E-state index in [0.717, 1.165) is 39.2 Å². The Morgan fingerprint density at radius 3 is 2.47 bits per heavy atom. The summed E-state index contributed by atoms with van der Waals surface area (Å²) in [6, 6.07) is 0. The first-order chi connectivity index (χ1) is 7.18. The number of amides is 1. The van der Waals surface area contributed by atoms with Crippen molar-refractivity contribution < 1.29 is 9.53 Å². The minimum atomic E-state index is 0.105. The number of nitrogens with zero attached hydrogens (tertiary/aromatic N) is 2. The van der Waals surface area contributed by atoms with Gasteiger partial charge >= 0.3 is 0 Å². The number of hydrogen-bond donors (Lipinski definition) is 0. The second-order valence-electron chi connectivity index (χ2n) is 4.60. The molecule has 0 spiro atoms. The lowest BCUT2D eigenvalue weighted by molar-refractivity contribution is -0.138. The van der Waals surface area contributed by atoms with Crippen LogP contribution in [0.25, 0.3) is 0 Å². The summed E-state index contributed by atoms with van der Waals surface area (Å²) in [6.45, 7) is 6.48. The second kappa shape index (κ2) is 4.49. The maximum Gasteiger partial charge on any atom is 0.228 e. The van der Waals surface area contributed by atoms with Crippen LogP contribution in [0.1, 0.15) is 13.3 Å². The smallest absolute Gasteiger partial charge is 0.228 e. The molecule has 86 valence electrons. The van der Waals surface area contributed by atoms with Gasteiger partial charge < -0.3 is 14.5 Å². The van der Waals surface area contributed by atoms with E-state index >= 15 is 0 Å². The Kier molecular flexibility index (Phi) is 3.26. The van der Waals surface area contributed by atoms with E-state index in [9.17, 15) is 4.79 Å². The Bertz CT molecular complexity index is 237. The van der Waals surface area contributed by atoms with Crippen molar-refractivity contribution in [1.82, 2.24) is 9.80 Å². The lowest BCUT2D eigenvalue weighted by Gasteiger charge is -2.34. The quantitative estimate of drug-likeness (QED) is 0.622. The number of likely N-dealkylation sites (N-methyl/N-ethyl adjacent to an activating group) is 1. The first kappa shape index (κ1) is 10.9. The third-order valence-electron chi connectivity index (χ3n) is 3.51. The summed E-state index contributed by atoms with van der Waals surface area (Å²) < 4.78 is 5.44. The van der Waals surface area contributed by atoms with Gasteiger partial charge in [0.1, 0.15) is 0 Å². The fourth-order valence-electron chi connectivity index (χ4n) is 2.32. The van der Waals surface area contributed by atoms with Crippen molar-refractivity contribution in [1.29, 1.82) is 0 Å². The number of ether oxygens (including phenoxy) is 1. The number of carbonyl (C=O) groups excluding carboxylic acids is 1. The predicted octanol–water partition coefficient (Wildman–Crippen LogP) is 0.185. The molecule has 2 fully saturated rings. The number of rotatable bonds is 1. The highest BCUT2D eigenvalue weighted by molar-refractivity contribution is 5.79. The van der Waals surface area contributed by atoms with Crippen LogP contribution in [-0.4, -0.2) is 61.6 Å². The molecule has 4 heteroatoms. The number of hydrogen-bond acceptors (Lipinski definition) is 3. The van der Waals surface area contributed by atoms with Crippen LogP contribution >= 0.6 is 0 Å². The van der Waals surface area contributed by atoms with Gasteiger partial charge in [-0.1, -0.05) is 0 Å². The standard InChI is InChI=1S/C11H20N2O2/c1-9-10(3-8-15-9)11(14)13-6-4-12(2)5-7-13/h9-10H,3-8H2,1-2H3. The molecule has 0 aromatic carbocycles. The highest BCUT2D eigenvalue weighted by atomic mass is 16.5. The maximum atomic E-state index is 12.1. The Labute approximate surface area is 91.2 Å². The van der Waals surface area contributed by atoms with Crippen molar-refractivity contribution in [3.63, 3.8) is 0 Å². The largest absolute Gasteiger partial charge is 0.378 e. The van der Waals surface area contributed by atoms with Gasteiger partial charge in [-0.25, -0.2) is 0 Å². The summed E-state index contributed by atoms with van der Waals surface area (Å²) in [7, 11) is 2.10. The molecule has 0 aromatic rings. The lowest BCUT2D eigenvalue weighted by Crippen LogP contribution is -2.49. The molecule has 2 rings (SSSR count). The molecular formula is C11H20N2O2. The van der Waals surface area contributed by atoms with Gasteiger partial charge in [0.25, 0.3) is 0 Å². The zero-order valence-corrected chi connectivity index (χ0v) is 9.61. The van der Waals surface area contributed by atoms with E-state index < -0.39 is 0 Å². The SMILES string of the molecule is CC1OCCC1C(=O)N1CCN(C)CC1. The van der Waals surface area contributed by atoms with Gasteiger partial charge in [-0.2, -0.15) is 0 Å². The first-order valence-corrected chi connectivity index (χ1v) is 5.77. The monoisotopic (exact) mass is 212 g/mol. The van der Waals surface area contributed by atoms with Crippen molar-refractivity contribution in [2.75, 3.05) is 39.8 Å². The Balaban J connectivity index is 1.90. The molecule has 0 bridgehead atoms. The summed E-state index contributed by atoms with van der Waals surface area (Å²) in [4.78, 5) is 16.4. The van der Waals surface area contributed by atoms with Crippen molar-refractivity contribution in [2.24, 2.45) is 5.92 Å². The van der Waals surface area contributed by atoms with E-state index in [4.69, 9.17) is 4.74 Å². The van der Waals surface area contributed by atoms with Crippen LogP contribution in [0, 0.1) is 5.92 Å². The Morgan fingerprint density at radius 1 is 1.27 bits per heavy atom. The van der Waals surface area contributed by atoms with Crippen molar-refractivity contribution in [3.05, 3.63) is 0 Å². The molecule has 2 saturated heterocycles. The van der Waals surface area contributed by atoms with Crippen molar-refractivity contribution in [2.45, 2.75) is 19.4 Å². The highest BCUT2D eigenvalue weighted by Crippen LogP contribution is 2.23. The van der Waals surface area contributed by atoms with Gasteiger partial charge in [-0.15, -0.1) is 0 Å². The van der Waals surface area contributed by atoms with Crippen LogP contribution in [0.2, 0.25) is 0 Å². The number of carbonyl (C=O) groups is 1. The molecule has 2 aliphatic rings. The Hall–Kier alpha value is -0.610. The normalized spacial score (nSPS) is 33.3. The van der Waals surface area contributed by atoms with Crippen LogP contribution < -0.4 is 0 Å². The van der Waals surface area contributed by atoms with Gasteiger partial charge in [0.05, 0.1) is 12.0 Å². The zero-order chi connectivity index (χ0) is 10.8. The molecular weight excluding hydrogens is 192 g/mol. The van der Waals surface area contributed by atoms with E-state index in [1.54, 1.807) is 0 Å². The topological polar surface area (TPSA) is 32.8 Å². The van der Waals surface area contributed by atoms with E-state index in [0.29, 0.717) is 5.91 Å². The third-order valence-corrected chi connectivity index (χ3v) is 3.51. The van der Waals surface area contributed by atoms with Gasteiger partial charge in [-0.05, 0) is 20.4 Å². The molecule has 1 amide bonds. The molecule has 2 atom stereocenters. The summed E-state index contributed by atoms with van der Waals surface area (Å²) in [5, 5.41) is 0. The molecule has 0 aliphatic carbocycles. The van der Waals surface area contributed by atoms with Crippen LogP contribution in [-0.2, 0) is 9.53 Å². The lowest BCUT2D eigenvalue weighted by atomic mass is 10.0. The average Bonchev–Trinajstić information content (AvgIpc) is 2.65. The van der Waals surface area contributed by atoms with E-state index in [1.165, 1.54) is 0 Å². The van der Waals surface area contributed by atoms with E-state index in [1.807, 2.05) is 11.8 Å². The molecule has 0 radical (unpaired) electrons. The molecule has 0 aromatic heterocycles.